The maximum absolute atomic E-state index is 5.33. The van der Waals surface area contributed by atoms with E-state index < -0.39 is 0 Å². The number of hydrogen-bond donors (Lipinski definition) is 0. The first-order chi connectivity index (χ1) is 13.2. The summed E-state index contributed by atoms with van der Waals surface area (Å²) in [5.74, 6) is 1.85. The molecule has 3 atom stereocenters. The quantitative estimate of drug-likeness (QED) is 0.587. The lowest BCUT2D eigenvalue weighted by Crippen LogP contribution is -2.29. The number of nitrogens with zero attached hydrogens (tertiary/aromatic N) is 1. The molecular weight excluding hydrogens is 330 g/mol. The molecule has 3 aromatic carbocycles. The highest BCUT2D eigenvalue weighted by Gasteiger charge is 2.40. The van der Waals surface area contributed by atoms with Crippen molar-refractivity contribution in [2.24, 2.45) is 0 Å². The molecular formula is C25H27NO. The molecule has 1 unspecified atom stereocenters. The van der Waals surface area contributed by atoms with Crippen LogP contribution in [0, 0.1) is 6.92 Å². The van der Waals surface area contributed by atoms with Gasteiger partial charge in [0.2, 0.25) is 0 Å². The summed E-state index contributed by atoms with van der Waals surface area (Å²) in [4.78, 5) is 2.54. The third kappa shape index (κ3) is 3.44. The second kappa shape index (κ2) is 7.48. The highest BCUT2D eigenvalue weighted by molar-refractivity contribution is 5.54. The molecule has 0 bridgehead atoms. The summed E-state index contributed by atoms with van der Waals surface area (Å²) >= 11 is 0. The van der Waals surface area contributed by atoms with Gasteiger partial charge in [-0.05, 0) is 49.2 Å². The van der Waals surface area contributed by atoms with Gasteiger partial charge in [0.15, 0.2) is 0 Å². The summed E-state index contributed by atoms with van der Waals surface area (Å²) in [5, 5.41) is 0. The fourth-order valence-electron chi connectivity index (χ4n) is 4.45. The smallest absolute Gasteiger partial charge is 0.119 e. The summed E-state index contributed by atoms with van der Waals surface area (Å²) in [7, 11) is 1.71. The van der Waals surface area contributed by atoms with Gasteiger partial charge in [0.25, 0.3) is 0 Å². The van der Waals surface area contributed by atoms with Crippen LogP contribution in [0.5, 0.6) is 5.75 Å². The first kappa shape index (κ1) is 17.7. The molecule has 2 heteroatoms. The zero-order chi connectivity index (χ0) is 18.8. The van der Waals surface area contributed by atoms with Gasteiger partial charge >= 0.3 is 0 Å². The summed E-state index contributed by atoms with van der Waals surface area (Å²) in [6.45, 7) is 5.54. The molecule has 0 spiro atoms. The minimum Gasteiger partial charge on any atom is -0.497 e. The van der Waals surface area contributed by atoms with Crippen molar-refractivity contribution < 1.29 is 4.74 Å². The molecule has 27 heavy (non-hydrogen) atoms. The Hall–Kier alpha value is -2.74. The van der Waals surface area contributed by atoms with Crippen molar-refractivity contribution >= 4 is 5.69 Å². The zero-order valence-electron chi connectivity index (χ0n) is 16.3. The topological polar surface area (TPSA) is 12.5 Å². The van der Waals surface area contributed by atoms with Crippen molar-refractivity contribution in [1.29, 1.82) is 0 Å². The fourth-order valence-corrected chi connectivity index (χ4v) is 4.45. The maximum Gasteiger partial charge on any atom is 0.119 e. The number of methoxy groups -OCH3 is 1. The molecule has 0 saturated carbocycles. The monoisotopic (exact) mass is 357 g/mol. The molecule has 0 radical (unpaired) electrons. The molecule has 1 aliphatic heterocycles. The van der Waals surface area contributed by atoms with Crippen molar-refractivity contribution in [2.45, 2.75) is 31.7 Å². The SMILES string of the molecule is COc1ccc(N2CC(c3ccccc3)[C@H](c3ccc(C)cc3)[C@H]2C)cc1. The molecule has 1 aliphatic rings. The highest BCUT2D eigenvalue weighted by atomic mass is 16.5. The fraction of sp³-hybridized carbons (Fsp3) is 0.280. The van der Waals surface area contributed by atoms with Crippen LogP contribution >= 0.6 is 0 Å². The second-order valence-electron chi connectivity index (χ2n) is 7.54. The summed E-state index contributed by atoms with van der Waals surface area (Å²) < 4.78 is 5.33. The van der Waals surface area contributed by atoms with Crippen molar-refractivity contribution in [1.82, 2.24) is 0 Å². The van der Waals surface area contributed by atoms with Gasteiger partial charge in [-0.1, -0.05) is 60.2 Å². The Bertz CT molecular complexity index is 870. The third-order valence-electron chi connectivity index (χ3n) is 5.93. The molecule has 0 aromatic heterocycles. The highest BCUT2D eigenvalue weighted by Crippen LogP contribution is 2.45. The minimum absolute atomic E-state index is 0.423. The lowest BCUT2D eigenvalue weighted by Gasteiger charge is -2.27. The molecule has 1 heterocycles. The number of ether oxygens (including phenoxy) is 1. The van der Waals surface area contributed by atoms with Crippen LogP contribution in [0.25, 0.3) is 0 Å². The van der Waals surface area contributed by atoms with Gasteiger partial charge < -0.3 is 9.64 Å². The molecule has 0 aliphatic carbocycles. The number of rotatable bonds is 4. The van der Waals surface area contributed by atoms with Gasteiger partial charge in [-0.3, -0.25) is 0 Å². The van der Waals surface area contributed by atoms with E-state index in [9.17, 15) is 0 Å². The summed E-state index contributed by atoms with van der Waals surface area (Å²) in [6.07, 6.45) is 0. The Morgan fingerprint density at radius 1 is 0.815 bits per heavy atom. The molecule has 138 valence electrons. The predicted octanol–water partition coefficient (Wildman–Crippen LogP) is 5.78. The predicted molar refractivity (Wildman–Crippen MR) is 113 cm³/mol. The molecule has 2 nitrogen and oxygen atoms in total. The van der Waals surface area contributed by atoms with Gasteiger partial charge in [-0.25, -0.2) is 0 Å². The van der Waals surface area contributed by atoms with Crippen molar-refractivity contribution in [2.75, 3.05) is 18.6 Å². The number of hydrogen-bond acceptors (Lipinski definition) is 2. The van der Waals surface area contributed by atoms with E-state index in [1.807, 2.05) is 0 Å². The van der Waals surface area contributed by atoms with E-state index in [-0.39, 0.29) is 0 Å². The van der Waals surface area contributed by atoms with Gasteiger partial charge in [0, 0.05) is 30.1 Å². The Kier molecular flexibility index (Phi) is 4.89. The van der Waals surface area contributed by atoms with E-state index in [4.69, 9.17) is 4.74 Å². The minimum atomic E-state index is 0.423. The van der Waals surface area contributed by atoms with Gasteiger partial charge in [0.05, 0.1) is 7.11 Å². The second-order valence-corrected chi connectivity index (χ2v) is 7.54. The van der Waals surface area contributed by atoms with E-state index in [2.05, 4.69) is 97.6 Å². The van der Waals surface area contributed by atoms with E-state index in [0.717, 1.165) is 12.3 Å². The Balaban J connectivity index is 1.72. The molecule has 3 aromatic rings. The average molecular weight is 357 g/mol. The van der Waals surface area contributed by atoms with Crippen LogP contribution in [0.4, 0.5) is 5.69 Å². The van der Waals surface area contributed by atoms with Crippen molar-refractivity contribution in [3.05, 3.63) is 95.6 Å². The largest absolute Gasteiger partial charge is 0.497 e. The van der Waals surface area contributed by atoms with Gasteiger partial charge in [0.1, 0.15) is 5.75 Å². The van der Waals surface area contributed by atoms with Gasteiger partial charge in [-0.2, -0.15) is 0 Å². The van der Waals surface area contributed by atoms with Gasteiger partial charge in [-0.15, -0.1) is 0 Å². The first-order valence-corrected chi connectivity index (χ1v) is 9.69. The lowest BCUT2D eigenvalue weighted by molar-refractivity contribution is 0.415. The van der Waals surface area contributed by atoms with Crippen LogP contribution in [0.15, 0.2) is 78.9 Å². The number of benzene rings is 3. The summed E-state index contributed by atoms with van der Waals surface area (Å²) in [5.41, 5.74) is 5.43. The Morgan fingerprint density at radius 2 is 1.48 bits per heavy atom. The van der Waals surface area contributed by atoms with Crippen LogP contribution < -0.4 is 9.64 Å². The number of aryl methyl sites for hydroxylation is 1. The third-order valence-corrected chi connectivity index (χ3v) is 5.93. The van der Waals surface area contributed by atoms with Crippen LogP contribution in [0.3, 0.4) is 0 Å². The van der Waals surface area contributed by atoms with Crippen LogP contribution in [0.2, 0.25) is 0 Å². The molecule has 1 saturated heterocycles. The standard InChI is InChI=1S/C25H27NO/c1-18-9-11-21(12-10-18)25-19(2)26(22-13-15-23(27-3)16-14-22)17-24(25)20-7-5-4-6-8-20/h4-16,19,24-25H,17H2,1-3H3/t19-,24?,25+/m1/s1. The molecule has 0 amide bonds. The molecule has 4 rings (SSSR count). The van der Waals surface area contributed by atoms with E-state index >= 15 is 0 Å². The first-order valence-electron chi connectivity index (χ1n) is 9.69. The molecule has 1 fully saturated rings. The Labute approximate surface area is 162 Å². The van der Waals surface area contributed by atoms with Crippen LogP contribution in [0.1, 0.15) is 35.4 Å². The van der Waals surface area contributed by atoms with E-state index in [0.29, 0.717) is 17.9 Å². The zero-order valence-corrected chi connectivity index (χ0v) is 16.3. The van der Waals surface area contributed by atoms with E-state index in [1.54, 1.807) is 7.11 Å². The number of anilines is 1. The maximum atomic E-state index is 5.33. The molecule has 0 N–H and O–H groups in total. The van der Waals surface area contributed by atoms with Crippen LogP contribution in [-0.4, -0.2) is 19.7 Å². The van der Waals surface area contributed by atoms with Crippen molar-refractivity contribution in [3.63, 3.8) is 0 Å². The van der Waals surface area contributed by atoms with Crippen molar-refractivity contribution in [3.8, 4) is 5.75 Å². The summed E-state index contributed by atoms with van der Waals surface area (Å²) in [6, 6.07) is 28.9. The Morgan fingerprint density at radius 3 is 2.11 bits per heavy atom. The normalized spacial score (nSPS) is 22.0. The lowest BCUT2D eigenvalue weighted by atomic mass is 9.81. The van der Waals surface area contributed by atoms with Crippen LogP contribution in [-0.2, 0) is 0 Å². The average Bonchev–Trinajstić information content (AvgIpc) is 3.06. The van der Waals surface area contributed by atoms with E-state index in [1.165, 1.54) is 22.4 Å².